The first-order valence-electron chi connectivity index (χ1n) is 13.1. The Labute approximate surface area is 260 Å². The van der Waals surface area contributed by atoms with Crippen LogP contribution in [0.3, 0.4) is 0 Å². The standard InChI is InChI=1S/C34H38N2O2.2BrH/c1-35(2,25-29-11-7-5-8-12-29)33(37)23-27-15-19-31(20-16-27)32-21-17-28(18-22-32)24-34(38)36(3,4)26-30-13-9-6-10-14-30;;/h5-22H,23-26H2,1-4H3;2*1H/q+2;;/p-2. The Balaban J connectivity index is 0.00000280. The lowest BCUT2D eigenvalue weighted by Crippen LogP contribution is -3.00. The quantitative estimate of drug-likeness (QED) is 0.237. The molecule has 0 heterocycles. The Morgan fingerprint density at radius 3 is 1.05 bits per heavy atom. The lowest BCUT2D eigenvalue weighted by molar-refractivity contribution is -0.827. The Kier molecular flexibility index (Phi) is 12.2. The van der Waals surface area contributed by atoms with Crippen LogP contribution >= 0.6 is 0 Å². The van der Waals surface area contributed by atoms with E-state index in [1.165, 1.54) is 0 Å². The van der Waals surface area contributed by atoms with Gasteiger partial charge in [-0.05, 0) is 22.3 Å². The molecule has 0 saturated carbocycles. The van der Waals surface area contributed by atoms with Crippen LogP contribution in [-0.4, -0.2) is 49.0 Å². The summed E-state index contributed by atoms with van der Waals surface area (Å²) in [5.41, 5.74) is 6.53. The minimum Gasteiger partial charge on any atom is -1.00 e. The van der Waals surface area contributed by atoms with Gasteiger partial charge in [-0.25, -0.2) is 9.59 Å². The molecule has 0 fully saturated rings. The number of carbonyl (C=O) groups is 2. The van der Waals surface area contributed by atoms with E-state index < -0.39 is 0 Å². The van der Waals surface area contributed by atoms with Gasteiger partial charge in [0.25, 0.3) is 0 Å². The van der Waals surface area contributed by atoms with E-state index in [9.17, 15) is 9.59 Å². The second kappa shape index (κ2) is 14.6. The van der Waals surface area contributed by atoms with Crippen molar-refractivity contribution in [3.63, 3.8) is 0 Å². The Bertz CT molecular complexity index is 1260. The molecule has 4 aromatic carbocycles. The minimum absolute atomic E-state index is 0. The second-order valence-corrected chi connectivity index (χ2v) is 11.2. The summed E-state index contributed by atoms with van der Waals surface area (Å²) in [5.74, 6) is 0.369. The van der Waals surface area contributed by atoms with E-state index >= 15 is 0 Å². The van der Waals surface area contributed by atoms with Crippen molar-refractivity contribution in [3.05, 3.63) is 131 Å². The third-order valence-corrected chi connectivity index (χ3v) is 7.14. The van der Waals surface area contributed by atoms with Crippen LogP contribution in [-0.2, 0) is 35.5 Å². The van der Waals surface area contributed by atoms with E-state index in [0.717, 1.165) is 33.4 Å². The smallest absolute Gasteiger partial charge is 0.317 e. The lowest BCUT2D eigenvalue weighted by Gasteiger charge is -2.27. The first-order valence-corrected chi connectivity index (χ1v) is 13.1. The Morgan fingerprint density at radius 1 is 0.450 bits per heavy atom. The molecule has 0 atom stereocenters. The molecular formula is C34H38Br2N2O2. The molecule has 2 amide bonds. The topological polar surface area (TPSA) is 34.1 Å². The highest BCUT2D eigenvalue weighted by Crippen LogP contribution is 2.22. The van der Waals surface area contributed by atoms with Gasteiger partial charge in [-0.1, -0.05) is 109 Å². The number of benzene rings is 4. The van der Waals surface area contributed by atoms with Crippen molar-refractivity contribution in [2.24, 2.45) is 0 Å². The van der Waals surface area contributed by atoms with Crippen LogP contribution in [0.2, 0.25) is 0 Å². The van der Waals surface area contributed by atoms with Gasteiger partial charge in [0.05, 0.1) is 41.0 Å². The monoisotopic (exact) mass is 664 g/mol. The fraction of sp³-hybridized carbons (Fsp3) is 0.235. The number of likely N-dealkylation sites (N-methyl/N-ethyl adjacent to an activating group) is 2. The van der Waals surface area contributed by atoms with Crippen molar-refractivity contribution >= 4 is 11.8 Å². The molecule has 0 saturated heterocycles. The zero-order valence-electron chi connectivity index (χ0n) is 23.7. The number of amides is 2. The summed E-state index contributed by atoms with van der Waals surface area (Å²) in [5, 5.41) is 0. The van der Waals surface area contributed by atoms with Gasteiger partial charge in [0.2, 0.25) is 0 Å². The van der Waals surface area contributed by atoms with Crippen molar-refractivity contribution in [1.29, 1.82) is 0 Å². The van der Waals surface area contributed by atoms with E-state index in [-0.39, 0.29) is 45.8 Å². The molecule has 0 aliphatic rings. The average Bonchev–Trinajstić information content (AvgIpc) is 2.90. The maximum atomic E-state index is 13.0. The van der Waals surface area contributed by atoms with Crippen LogP contribution in [0.15, 0.2) is 109 Å². The number of hydrogen-bond acceptors (Lipinski definition) is 2. The maximum Gasteiger partial charge on any atom is 0.317 e. The fourth-order valence-corrected chi connectivity index (χ4v) is 4.66. The summed E-state index contributed by atoms with van der Waals surface area (Å²) in [6, 6.07) is 36.7. The Hall–Kier alpha value is -2.90. The summed E-state index contributed by atoms with van der Waals surface area (Å²) >= 11 is 0. The van der Waals surface area contributed by atoms with E-state index in [4.69, 9.17) is 0 Å². The minimum atomic E-state index is 0. The van der Waals surface area contributed by atoms with Crippen molar-refractivity contribution < 1.29 is 52.5 Å². The van der Waals surface area contributed by atoms with Gasteiger partial charge in [-0.3, -0.25) is 8.97 Å². The van der Waals surface area contributed by atoms with Gasteiger partial charge in [-0.15, -0.1) is 0 Å². The molecule has 0 unspecified atom stereocenters. The van der Waals surface area contributed by atoms with Gasteiger partial charge < -0.3 is 34.0 Å². The molecule has 0 bridgehead atoms. The van der Waals surface area contributed by atoms with Gasteiger partial charge in [0.15, 0.2) is 0 Å². The van der Waals surface area contributed by atoms with Crippen LogP contribution in [0.4, 0.5) is 0 Å². The van der Waals surface area contributed by atoms with Crippen LogP contribution in [0.25, 0.3) is 11.1 Å². The number of carbonyl (C=O) groups excluding carboxylic acids is 2. The summed E-state index contributed by atoms with van der Waals surface area (Å²) in [7, 11) is 7.88. The van der Waals surface area contributed by atoms with E-state index in [1.54, 1.807) is 0 Å². The third kappa shape index (κ3) is 9.07. The average molecular weight is 666 g/mol. The molecule has 4 nitrogen and oxygen atoms in total. The molecule has 0 spiro atoms. The van der Waals surface area contributed by atoms with Crippen LogP contribution < -0.4 is 34.0 Å². The summed E-state index contributed by atoms with van der Waals surface area (Å²) in [4.78, 5) is 26.1. The molecule has 40 heavy (non-hydrogen) atoms. The molecule has 0 aromatic heterocycles. The fourth-order valence-electron chi connectivity index (χ4n) is 4.66. The maximum absolute atomic E-state index is 13.0. The number of nitrogens with zero attached hydrogens (tertiary/aromatic N) is 2. The molecule has 4 aromatic rings. The first-order chi connectivity index (χ1) is 18.1. The molecule has 6 heteroatoms. The molecule has 0 aliphatic carbocycles. The van der Waals surface area contributed by atoms with Crippen LogP contribution in [0, 0.1) is 0 Å². The first kappa shape index (κ1) is 33.3. The van der Waals surface area contributed by atoms with Crippen molar-refractivity contribution in [3.8, 4) is 11.1 Å². The summed E-state index contributed by atoms with van der Waals surface area (Å²) in [6.45, 7) is 1.35. The SMILES string of the molecule is C[N+](C)(Cc1ccccc1)C(=O)Cc1ccc(-c2ccc(CC(=O)[N+](C)(C)Cc3ccccc3)cc2)cc1.[Br-].[Br-]. The van der Waals surface area contributed by atoms with E-state index in [1.807, 2.05) is 88.9 Å². The number of hydrogen-bond donors (Lipinski definition) is 0. The van der Waals surface area contributed by atoms with Gasteiger partial charge in [0, 0.05) is 11.1 Å². The highest BCUT2D eigenvalue weighted by atomic mass is 79.9. The van der Waals surface area contributed by atoms with Gasteiger partial charge in [-0.2, -0.15) is 0 Å². The van der Waals surface area contributed by atoms with Crippen LogP contribution in [0.5, 0.6) is 0 Å². The highest BCUT2D eigenvalue weighted by molar-refractivity contribution is 5.74. The Morgan fingerprint density at radius 2 is 0.750 bits per heavy atom. The van der Waals surface area contributed by atoms with Crippen molar-refractivity contribution in [2.45, 2.75) is 25.9 Å². The normalized spacial score (nSPS) is 11.2. The lowest BCUT2D eigenvalue weighted by atomic mass is 10.00. The van der Waals surface area contributed by atoms with E-state index in [2.05, 4.69) is 48.5 Å². The highest BCUT2D eigenvalue weighted by Gasteiger charge is 2.27. The molecule has 0 radical (unpaired) electrons. The zero-order valence-corrected chi connectivity index (χ0v) is 26.9. The largest absolute Gasteiger partial charge is 1.00 e. The molecule has 4 rings (SSSR count). The van der Waals surface area contributed by atoms with Crippen molar-refractivity contribution in [1.82, 2.24) is 0 Å². The molecular weight excluding hydrogens is 628 g/mol. The third-order valence-electron chi connectivity index (χ3n) is 7.14. The summed E-state index contributed by atoms with van der Waals surface area (Å²) < 4.78 is 0.625. The van der Waals surface area contributed by atoms with Crippen molar-refractivity contribution in [2.75, 3.05) is 28.2 Å². The summed E-state index contributed by atoms with van der Waals surface area (Å²) in [6.07, 6.45) is 0.802. The predicted molar refractivity (Wildman–Crippen MR) is 154 cm³/mol. The predicted octanol–water partition coefficient (Wildman–Crippen LogP) is 0.0530. The number of quaternary nitrogens is 2. The second-order valence-electron chi connectivity index (χ2n) is 11.2. The molecule has 210 valence electrons. The van der Waals surface area contributed by atoms with Gasteiger partial charge in [0.1, 0.15) is 13.1 Å². The number of rotatable bonds is 9. The molecule has 0 N–H and O–H groups in total. The van der Waals surface area contributed by atoms with Gasteiger partial charge >= 0.3 is 11.8 Å². The van der Waals surface area contributed by atoms with E-state index in [0.29, 0.717) is 34.9 Å². The number of halogens is 2. The zero-order chi connectivity index (χ0) is 27.2. The van der Waals surface area contributed by atoms with Crippen LogP contribution in [0.1, 0.15) is 22.3 Å². The molecule has 0 aliphatic heterocycles.